The number of nitrogens with one attached hydrogen (secondary N) is 1. The monoisotopic (exact) mass is 659 g/mol. The molecule has 5 saturated heterocycles. The molecule has 6 aliphatic heterocycles. The molecule has 250 valence electrons. The third kappa shape index (κ3) is 5.63. The molecule has 5 fully saturated rings. The molecule has 0 radical (unpaired) electrons. The van der Waals surface area contributed by atoms with Crippen molar-refractivity contribution in [1.29, 1.82) is 0 Å². The van der Waals surface area contributed by atoms with Crippen LogP contribution in [0.1, 0.15) is 72.1 Å². The van der Waals surface area contributed by atoms with E-state index in [0.717, 1.165) is 62.8 Å². The number of hydrogen-bond donors (Lipinski definition) is 2. The summed E-state index contributed by atoms with van der Waals surface area (Å²) < 4.78 is 43.3. The van der Waals surface area contributed by atoms with Crippen LogP contribution in [0, 0.1) is 5.82 Å². The molecular formula is C31H42FN7O6S. The summed E-state index contributed by atoms with van der Waals surface area (Å²) >= 11 is 0. The molecule has 7 rings (SSSR count). The van der Waals surface area contributed by atoms with E-state index in [9.17, 15) is 27.6 Å². The number of hydrogen-bond acceptors (Lipinski definition) is 10. The predicted octanol–water partition coefficient (Wildman–Crippen LogP) is 0.0972. The Kier molecular flexibility index (Phi) is 8.41. The molecule has 13 nitrogen and oxygen atoms in total. The lowest BCUT2D eigenvalue weighted by Gasteiger charge is -2.52. The van der Waals surface area contributed by atoms with E-state index < -0.39 is 45.5 Å². The Morgan fingerprint density at radius 2 is 1.39 bits per heavy atom. The van der Waals surface area contributed by atoms with Crippen LogP contribution in [0.4, 0.5) is 10.1 Å². The first-order chi connectivity index (χ1) is 22.0. The number of carbonyl (C=O) groups excluding carboxylic acids is 4. The van der Waals surface area contributed by atoms with Crippen LogP contribution in [-0.2, 0) is 19.6 Å². The molecule has 6 aliphatic rings. The van der Waals surface area contributed by atoms with E-state index in [1.807, 2.05) is 4.90 Å². The number of anilines is 1. The van der Waals surface area contributed by atoms with E-state index in [0.29, 0.717) is 51.1 Å². The highest BCUT2D eigenvalue weighted by Gasteiger charge is 2.46. The molecule has 6 heterocycles. The SMILES string of the molecule is NC1CCN(S(=O)(=O)C2CCN(C3CN(C4CCN(c5cc6c(cc5F)C(=O)N(C5CCC(=O)NC5=O)C6=O)CC4)C3)CC2)CC1. The molecule has 4 amide bonds. The Bertz CT molecular complexity index is 1530. The third-order valence-electron chi connectivity index (χ3n) is 11.0. The zero-order valence-electron chi connectivity index (χ0n) is 25.9. The number of imide groups is 2. The normalized spacial score (nSPS) is 27.3. The van der Waals surface area contributed by atoms with Crippen LogP contribution >= 0.6 is 0 Å². The van der Waals surface area contributed by atoms with Crippen LogP contribution < -0.4 is 16.0 Å². The van der Waals surface area contributed by atoms with Gasteiger partial charge in [0, 0.05) is 63.8 Å². The Labute approximate surface area is 268 Å². The maximum Gasteiger partial charge on any atom is 0.262 e. The van der Waals surface area contributed by atoms with E-state index in [-0.39, 0.29) is 40.9 Å². The number of piperidine rings is 4. The van der Waals surface area contributed by atoms with Gasteiger partial charge >= 0.3 is 0 Å². The van der Waals surface area contributed by atoms with Crippen molar-refractivity contribution in [2.24, 2.45) is 5.73 Å². The van der Waals surface area contributed by atoms with Crippen molar-refractivity contribution in [3.8, 4) is 0 Å². The average Bonchev–Trinajstić information content (AvgIpc) is 3.25. The van der Waals surface area contributed by atoms with Crippen molar-refractivity contribution in [2.45, 2.75) is 80.8 Å². The molecule has 1 aromatic carbocycles. The summed E-state index contributed by atoms with van der Waals surface area (Å²) in [6.45, 7) is 5.71. The van der Waals surface area contributed by atoms with Gasteiger partial charge in [0.15, 0.2) is 0 Å². The number of rotatable bonds is 6. The quantitative estimate of drug-likeness (QED) is 0.402. The lowest BCUT2D eigenvalue weighted by Crippen LogP contribution is -2.64. The first kappa shape index (κ1) is 31.6. The van der Waals surface area contributed by atoms with Gasteiger partial charge in [0.1, 0.15) is 11.9 Å². The maximum absolute atomic E-state index is 15.3. The topological polar surface area (TPSA) is 157 Å². The summed E-state index contributed by atoms with van der Waals surface area (Å²) in [6, 6.07) is 2.31. The maximum atomic E-state index is 15.3. The van der Waals surface area contributed by atoms with Gasteiger partial charge in [-0.05, 0) is 70.2 Å². The summed E-state index contributed by atoms with van der Waals surface area (Å²) in [6.07, 6.45) is 4.50. The number of amides is 4. The fourth-order valence-corrected chi connectivity index (χ4v) is 10.0. The minimum absolute atomic E-state index is 0.0219. The van der Waals surface area contributed by atoms with E-state index in [4.69, 9.17) is 5.73 Å². The van der Waals surface area contributed by atoms with Gasteiger partial charge in [0.25, 0.3) is 11.8 Å². The second kappa shape index (κ2) is 12.2. The molecule has 0 aliphatic carbocycles. The van der Waals surface area contributed by atoms with Crippen LogP contribution in [0.25, 0.3) is 0 Å². The zero-order valence-corrected chi connectivity index (χ0v) is 26.7. The summed E-state index contributed by atoms with van der Waals surface area (Å²) in [5.41, 5.74) is 6.26. The van der Waals surface area contributed by atoms with Crippen LogP contribution in [0.3, 0.4) is 0 Å². The van der Waals surface area contributed by atoms with Crippen molar-refractivity contribution in [1.82, 2.24) is 24.3 Å². The van der Waals surface area contributed by atoms with Gasteiger partial charge in [-0.1, -0.05) is 0 Å². The molecule has 0 saturated carbocycles. The fraction of sp³-hybridized carbons (Fsp3) is 0.677. The summed E-state index contributed by atoms with van der Waals surface area (Å²) in [5, 5.41) is 1.86. The van der Waals surface area contributed by atoms with Crippen LogP contribution in [0.15, 0.2) is 12.1 Å². The van der Waals surface area contributed by atoms with E-state index in [2.05, 4.69) is 15.1 Å². The Hall–Kier alpha value is -2.98. The summed E-state index contributed by atoms with van der Waals surface area (Å²) in [4.78, 5) is 57.8. The van der Waals surface area contributed by atoms with Gasteiger partial charge in [0.2, 0.25) is 21.8 Å². The summed E-state index contributed by atoms with van der Waals surface area (Å²) in [7, 11) is -3.28. The third-order valence-corrected chi connectivity index (χ3v) is 13.4. The number of carbonyl (C=O) groups is 4. The first-order valence-corrected chi connectivity index (χ1v) is 18.0. The Morgan fingerprint density at radius 3 is 2.02 bits per heavy atom. The van der Waals surface area contributed by atoms with Crippen LogP contribution in [0.5, 0.6) is 0 Å². The van der Waals surface area contributed by atoms with Crippen molar-refractivity contribution >= 4 is 39.3 Å². The van der Waals surface area contributed by atoms with Gasteiger partial charge in [-0.2, -0.15) is 0 Å². The number of fused-ring (bicyclic) bond motifs is 1. The average molecular weight is 660 g/mol. The Morgan fingerprint density at radius 1 is 0.761 bits per heavy atom. The van der Waals surface area contributed by atoms with Gasteiger partial charge in [0.05, 0.1) is 22.1 Å². The highest BCUT2D eigenvalue weighted by atomic mass is 32.2. The molecule has 46 heavy (non-hydrogen) atoms. The highest BCUT2D eigenvalue weighted by Crippen LogP contribution is 2.35. The number of benzene rings is 1. The molecule has 15 heteroatoms. The zero-order chi connectivity index (χ0) is 32.3. The molecular weight excluding hydrogens is 617 g/mol. The van der Waals surface area contributed by atoms with Gasteiger partial charge in [-0.15, -0.1) is 0 Å². The Balaban J connectivity index is 0.901. The number of nitrogens with two attached hydrogens (primary N) is 1. The predicted molar refractivity (Wildman–Crippen MR) is 166 cm³/mol. The smallest absolute Gasteiger partial charge is 0.262 e. The highest BCUT2D eigenvalue weighted by molar-refractivity contribution is 7.89. The van der Waals surface area contributed by atoms with Crippen molar-refractivity contribution in [2.75, 3.05) is 57.3 Å². The van der Waals surface area contributed by atoms with E-state index in [1.54, 1.807) is 4.31 Å². The molecule has 3 N–H and O–H groups in total. The summed E-state index contributed by atoms with van der Waals surface area (Å²) in [5.74, 6) is -3.09. The van der Waals surface area contributed by atoms with Crippen molar-refractivity contribution in [3.63, 3.8) is 0 Å². The number of halogens is 1. The molecule has 0 aromatic heterocycles. The number of likely N-dealkylation sites (tertiary alicyclic amines) is 2. The standard InChI is InChI=1S/C31H42FN7O6S/c32-25-15-23-24(31(43)39(30(23)42)26-1-2-28(40)34-29(26)41)16-27(25)36-9-5-20(6-10-36)37-17-21(18-37)35-11-7-22(8-12-35)46(44,45)38-13-3-19(33)4-14-38/h15-16,19-22,26H,1-14,17-18,33H2,(H,34,40,41). The lowest BCUT2D eigenvalue weighted by molar-refractivity contribution is -0.136. The largest absolute Gasteiger partial charge is 0.369 e. The van der Waals surface area contributed by atoms with Crippen LogP contribution in [-0.4, -0.2) is 133 Å². The molecule has 1 aromatic rings. The van der Waals surface area contributed by atoms with Gasteiger partial charge in [-0.25, -0.2) is 17.1 Å². The minimum Gasteiger partial charge on any atom is -0.369 e. The lowest BCUT2D eigenvalue weighted by atomic mass is 9.95. The van der Waals surface area contributed by atoms with E-state index >= 15 is 4.39 Å². The second-order valence-corrected chi connectivity index (χ2v) is 15.9. The van der Waals surface area contributed by atoms with Crippen molar-refractivity contribution in [3.05, 3.63) is 29.1 Å². The van der Waals surface area contributed by atoms with Crippen LogP contribution in [0.2, 0.25) is 0 Å². The number of nitrogens with zero attached hydrogens (tertiary/aromatic N) is 5. The molecule has 1 unspecified atom stereocenters. The van der Waals surface area contributed by atoms with Gasteiger partial charge in [-0.3, -0.25) is 39.2 Å². The van der Waals surface area contributed by atoms with Crippen molar-refractivity contribution < 1.29 is 32.0 Å². The molecule has 1 atom stereocenters. The molecule has 0 bridgehead atoms. The fourth-order valence-electron chi connectivity index (χ4n) is 8.09. The van der Waals surface area contributed by atoms with Gasteiger partial charge < -0.3 is 10.6 Å². The number of sulfonamides is 1. The molecule has 0 spiro atoms. The minimum atomic E-state index is -3.28. The first-order valence-electron chi connectivity index (χ1n) is 16.5. The second-order valence-electron chi connectivity index (χ2n) is 13.6. The van der Waals surface area contributed by atoms with E-state index in [1.165, 1.54) is 6.07 Å².